The highest BCUT2D eigenvalue weighted by Crippen LogP contribution is 2.27. The zero-order valence-electron chi connectivity index (χ0n) is 15.4. The molecule has 2 fully saturated rings. The molecule has 1 unspecified atom stereocenters. The monoisotopic (exact) mass is 374 g/mol. The average Bonchev–Trinajstić information content (AvgIpc) is 2.62. The Labute approximate surface area is 158 Å². The van der Waals surface area contributed by atoms with Gasteiger partial charge in [-0.1, -0.05) is 37.3 Å². The van der Waals surface area contributed by atoms with E-state index in [0.717, 1.165) is 18.4 Å². The Hall–Kier alpha value is -2.61. The van der Waals surface area contributed by atoms with Gasteiger partial charge in [0, 0.05) is 25.2 Å². The van der Waals surface area contributed by atoms with E-state index in [-0.39, 0.29) is 30.6 Å². The minimum Gasteiger partial charge on any atom is -0.480 e. The molecule has 27 heavy (non-hydrogen) atoms. The molecule has 1 saturated carbocycles. The van der Waals surface area contributed by atoms with Crippen molar-refractivity contribution in [2.45, 2.75) is 37.9 Å². The van der Waals surface area contributed by atoms with Gasteiger partial charge in [0.2, 0.25) is 5.91 Å². The Morgan fingerprint density at radius 1 is 1.30 bits per heavy atom. The molecule has 2 aliphatic rings. The number of aliphatic carboxylic acids is 1. The summed E-state index contributed by atoms with van der Waals surface area (Å²) in [6.45, 7) is 3.51. The van der Waals surface area contributed by atoms with Crippen molar-refractivity contribution in [3.05, 3.63) is 35.9 Å². The van der Waals surface area contributed by atoms with E-state index < -0.39 is 12.0 Å². The van der Waals surface area contributed by atoms with Crippen molar-refractivity contribution >= 4 is 17.9 Å². The largest absolute Gasteiger partial charge is 0.480 e. The topological polar surface area (TPSA) is 102 Å². The van der Waals surface area contributed by atoms with E-state index in [0.29, 0.717) is 19.6 Å². The summed E-state index contributed by atoms with van der Waals surface area (Å²) in [5.74, 6) is -1.01. The number of nitrogens with zero attached hydrogens (tertiary/aromatic N) is 2. The van der Waals surface area contributed by atoms with Crippen molar-refractivity contribution in [2.75, 3.05) is 26.2 Å². The lowest BCUT2D eigenvalue weighted by Crippen LogP contribution is -2.60. The molecule has 1 heterocycles. The first-order valence-corrected chi connectivity index (χ1v) is 9.35. The van der Waals surface area contributed by atoms with Gasteiger partial charge < -0.3 is 20.6 Å². The van der Waals surface area contributed by atoms with E-state index in [1.807, 2.05) is 42.2 Å². The molecule has 1 aliphatic carbocycles. The number of urea groups is 1. The number of hydrogen-bond donors (Lipinski definition) is 3. The van der Waals surface area contributed by atoms with Crippen LogP contribution in [0.5, 0.6) is 0 Å². The Morgan fingerprint density at radius 3 is 2.63 bits per heavy atom. The van der Waals surface area contributed by atoms with Crippen LogP contribution in [-0.2, 0) is 9.59 Å². The number of hydrogen-bond acceptors (Lipinski definition) is 4. The highest BCUT2D eigenvalue weighted by Gasteiger charge is 2.38. The predicted molar refractivity (Wildman–Crippen MR) is 99.1 cm³/mol. The van der Waals surface area contributed by atoms with Crippen LogP contribution in [0.25, 0.3) is 0 Å². The van der Waals surface area contributed by atoms with Crippen molar-refractivity contribution in [2.24, 2.45) is 0 Å². The van der Waals surface area contributed by atoms with Gasteiger partial charge in [-0.15, -0.1) is 0 Å². The van der Waals surface area contributed by atoms with Gasteiger partial charge in [0.1, 0.15) is 6.04 Å². The van der Waals surface area contributed by atoms with Crippen LogP contribution in [0.15, 0.2) is 30.3 Å². The van der Waals surface area contributed by atoms with E-state index in [2.05, 4.69) is 10.6 Å². The summed E-state index contributed by atoms with van der Waals surface area (Å²) in [6.07, 6.45) is 1.45. The van der Waals surface area contributed by atoms with Crippen LogP contribution in [0.3, 0.4) is 0 Å². The highest BCUT2D eigenvalue weighted by molar-refractivity contribution is 5.89. The number of rotatable bonds is 6. The third-order valence-electron chi connectivity index (χ3n) is 5.29. The fourth-order valence-corrected chi connectivity index (χ4v) is 3.79. The normalized spacial score (nSPS) is 24.9. The van der Waals surface area contributed by atoms with Crippen LogP contribution in [0.4, 0.5) is 4.79 Å². The number of amides is 3. The standard InChI is InChI=1S/C19H26N4O4/c1-2-22(12-16(24)25)15-10-14(11-15)21-19(27)23-9-8-20-18(26)17(23)13-6-4-3-5-7-13/h3-7,14-15,17H,2,8-12H2,1H3,(H,20,26)(H,21,27)(H,24,25). The minimum absolute atomic E-state index is 0.00626. The zero-order chi connectivity index (χ0) is 19.4. The van der Waals surface area contributed by atoms with Crippen LogP contribution in [0.2, 0.25) is 0 Å². The third kappa shape index (κ3) is 4.39. The Kier molecular flexibility index (Phi) is 5.95. The van der Waals surface area contributed by atoms with Gasteiger partial charge in [0.15, 0.2) is 0 Å². The first-order chi connectivity index (χ1) is 13.0. The maximum atomic E-state index is 12.8. The summed E-state index contributed by atoms with van der Waals surface area (Å²) in [7, 11) is 0. The summed E-state index contributed by atoms with van der Waals surface area (Å²) in [6, 6.07) is 8.58. The predicted octanol–water partition coefficient (Wildman–Crippen LogP) is 0.807. The molecule has 1 aliphatic heterocycles. The second-order valence-electron chi connectivity index (χ2n) is 7.03. The lowest BCUT2D eigenvalue weighted by Gasteiger charge is -2.43. The molecule has 1 aromatic rings. The van der Waals surface area contributed by atoms with Crippen LogP contribution in [0, 0.1) is 0 Å². The Morgan fingerprint density at radius 2 is 2.00 bits per heavy atom. The molecule has 8 heteroatoms. The van der Waals surface area contributed by atoms with Gasteiger partial charge >= 0.3 is 12.0 Å². The second-order valence-corrected chi connectivity index (χ2v) is 7.03. The molecule has 3 N–H and O–H groups in total. The second kappa shape index (κ2) is 8.39. The fourth-order valence-electron chi connectivity index (χ4n) is 3.79. The van der Waals surface area contributed by atoms with Gasteiger partial charge in [-0.25, -0.2) is 4.79 Å². The first kappa shape index (κ1) is 19.2. The van der Waals surface area contributed by atoms with Crippen LogP contribution >= 0.6 is 0 Å². The fraction of sp³-hybridized carbons (Fsp3) is 0.526. The molecule has 3 rings (SSSR count). The molecule has 1 atom stereocenters. The number of carbonyl (C=O) groups excluding carboxylic acids is 2. The van der Waals surface area contributed by atoms with Crippen molar-refractivity contribution in [1.29, 1.82) is 0 Å². The van der Waals surface area contributed by atoms with Crippen molar-refractivity contribution in [3.8, 4) is 0 Å². The van der Waals surface area contributed by atoms with Gasteiger partial charge in [-0.2, -0.15) is 0 Å². The van der Waals surface area contributed by atoms with E-state index >= 15 is 0 Å². The molecule has 0 radical (unpaired) electrons. The average molecular weight is 374 g/mol. The number of piperazine rings is 1. The number of carbonyl (C=O) groups is 3. The molecule has 0 bridgehead atoms. The molecule has 146 valence electrons. The number of benzene rings is 1. The molecule has 1 aromatic carbocycles. The van der Waals surface area contributed by atoms with E-state index in [1.54, 1.807) is 4.90 Å². The van der Waals surface area contributed by atoms with Crippen molar-refractivity contribution in [3.63, 3.8) is 0 Å². The maximum absolute atomic E-state index is 12.8. The van der Waals surface area contributed by atoms with Gasteiger partial charge in [-0.05, 0) is 24.9 Å². The number of likely N-dealkylation sites (N-methyl/N-ethyl adjacent to an activating group) is 1. The lowest BCUT2D eigenvalue weighted by molar-refractivity contribution is -0.139. The van der Waals surface area contributed by atoms with Crippen LogP contribution in [0.1, 0.15) is 31.4 Å². The molecular weight excluding hydrogens is 348 g/mol. The molecule has 0 spiro atoms. The number of carboxylic acid groups (broad SMARTS) is 1. The van der Waals surface area contributed by atoms with Crippen LogP contribution in [-0.4, -0.2) is 71.1 Å². The van der Waals surface area contributed by atoms with Crippen LogP contribution < -0.4 is 10.6 Å². The quantitative estimate of drug-likeness (QED) is 0.684. The highest BCUT2D eigenvalue weighted by atomic mass is 16.4. The number of carboxylic acids is 1. The minimum atomic E-state index is -0.839. The summed E-state index contributed by atoms with van der Waals surface area (Å²) < 4.78 is 0. The van der Waals surface area contributed by atoms with E-state index in [4.69, 9.17) is 5.11 Å². The summed E-state index contributed by atoms with van der Waals surface area (Å²) in [5.41, 5.74) is 0.787. The zero-order valence-corrected chi connectivity index (χ0v) is 15.4. The lowest BCUT2D eigenvalue weighted by atomic mass is 9.85. The van der Waals surface area contributed by atoms with E-state index in [1.165, 1.54) is 0 Å². The van der Waals surface area contributed by atoms with Gasteiger partial charge in [0.05, 0.1) is 6.54 Å². The number of nitrogens with one attached hydrogen (secondary N) is 2. The molecule has 3 amide bonds. The summed E-state index contributed by atoms with van der Waals surface area (Å²) in [4.78, 5) is 39.6. The van der Waals surface area contributed by atoms with Gasteiger partial charge in [0.25, 0.3) is 0 Å². The Balaban J connectivity index is 1.59. The van der Waals surface area contributed by atoms with Gasteiger partial charge in [-0.3, -0.25) is 14.5 Å². The molecular formula is C19H26N4O4. The molecule has 0 aromatic heterocycles. The maximum Gasteiger partial charge on any atom is 0.318 e. The molecule has 1 saturated heterocycles. The van der Waals surface area contributed by atoms with Crippen molar-refractivity contribution in [1.82, 2.24) is 20.4 Å². The first-order valence-electron chi connectivity index (χ1n) is 9.35. The Bertz CT molecular complexity index is 690. The van der Waals surface area contributed by atoms with Crippen molar-refractivity contribution < 1.29 is 19.5 Å². The summed E-state index contributed by atoms with van der Waals surface area (Å²) in [5, 5.41) is 14.8. The third-order valence-corrected chi connectivity index (χ3v) is 5.29. The van der Waals surface area contributed by atoms with E-state index in [9.17, 15) is 14.4 Å². The smallest absolute Gasteiger partial charge is 0.318 e. The molecule has 8 nitrogen and oxygen atoms in total. The summed E-state index contributed by atoms with van der Waals surface area (Å²) >= 11 is 0. The SMILES string of the molecule is CCN(CC(=O)O)C1CC(NC(=O)N2CCNC(=O)C2c2ccccc2)C1.